The van der Waals surface area contributed by atoms with Crippen LogP contribution >= 0.6 is 42.4 Å². The molecule has 104 valence electrons. The molecule has 0 saturated heterocycles. The van der Waals surface area contributed by atoms with E-state index >= 15 is 0 Å². The van der Waals surface area contributed by atoms with Crippen molar-refractivity contribution >= 4 is 52.5 Å². The molecule has 0 fully saturated rings. The highest BCUT2D eigenvalue weighted by atomic mass is 35.6. The van der Waals surface area contributed by atoms with Crippen molar-refractivity contribution in [2.45, 2.75) is 17.0 Å². The number of alkyl halides is 3. The van der Waals surface area contributed by atoms with Crippen molar-refractivity contribution in [3.8, 4) is 0 Å². The summed E-state index contributed by atoms with van der Waals surface area (Å²) in [6.45, 7) is 3.26. The maximum Gasteiger partial charge on any atom is 0.357 e. The highest BCUT2D eigenvalue weighted by Gasteiger charge is 2.41. The van der Waals surface area contributed by atoms with Gasteiger partial charge in [-0.1, -0.05) is 34.8 Å². The summed E-state index contributed by atoms with van der Waals surface area (Å²) in [5, 5.41) is 0. The molecule has 0 aliphatic carbocycles. The molecule has 0 heterocycles. The summed E-state index contributed by atoms with van der Waals surface area (Å²) in [6.07, 6.45) is -0.842. The van der Waals surface area contributed by atoms with E-state index in [0.717, 1.165) is 0 Å². The maximum atomic E-state index is 11.8. The fourth-order valence-electron chi connectivity index (χ4n) is 0.706. The summed E-state index contributed by atoms with van der Waals surface area (Å²) in [5.74, 6) is 0. The van der Waals surface area contributed by atoms with Gasteiger partial charge in [-0.2, -0.15) is 8.42 Å². The zero-order chi connectivity index (χ0) is 13.7. The van der Waals surface area contributed by atoms with Crippen LogP contribution in [-0.2, 0) is 27.9 Å². The minimum Gasteiger partial charge on any atom is -0.307 e. The van der Waals surface area contributed by atoms with E-state index in [9.17, 15) is 13.0 Å². The molecule has 0 spiro atoms. The molecule has 0 aliphatic rings. The van der Waals surface area contributed by atoms with Crippen LogP contribution in [0.25, 0.3) is 0 Å². The van der Waals surface area contributed by atoms with E-state index in [-0.39, 0.29) is 13.2 Å². The molecule has 0 unspecified atom stereocenters. The Morgan fingerprint density at radius 1 is 1.12 bits per heavy atom. The number of hydrogen-bond donors (Lipinski definition) is 0. The van der Waals surface area contributed by atoms with E-state index in [2.05, 4.69) is 4.18 Å². The summed E-state index contributed by atoms with van der Waals surface area (Å²) in [6, 6.07) is 0. The second-order valence-electron chi connectivity index (χ2n) is 2.59. The number of rotatable bonds is 7. The van der Waals surface area contributed by atoms with Crippen LogP contribution in [0.4, 0.5) is 0 Å². The molecule has 17 heavy (non-hydrogen) atoms. The molecule has 0 rings (SSSR count). The van der Waals surface area contributed by atoms with Gasteiger partial charge in [-0.05, 0) is 13.8 Å². The third-order valence-corrected chi connectivity index (χ3v) is 5.92. The van der Waals surface area contributed by atoms with E-state index in [1.165, 1.54) is 0 Å². The predicted octanol–water partition coefficient (Wildman–Crippen LogP) is 2.88. The molecule has 0 aromatic heterocycles. The summed E-state index contributed by atoms with van der Waals surface area (Å²) < 4.78 is 45.6. The summed E-state index contributed by atoms with van der Waals surface area (Å²) in [5.41, 5.74) is 0. The van der Waals surface area contributed by atoms with Gasteiger partial charge in [0, 0.05) is 0 Å². The predicted molar refractivity (Wildman–Crippen MR) is 66.0 cm³/mol. The van der Waals surface area contributed by atoms with E-state index in [1.54, 1.807) is 13.8 Å². The van der Waals surface area contributed by atoms with Gasteiger partial charge in [0.2, 0.25) is 0 Å². The van der Waals surface area contributed by atoms with Crippen molar-refractivity contribution in [1.29, 1.82) is 0 Å². The smallest absolute Gasteiger partial charge is 0.307 e. The zero-order valence-corrected chi connectivity index (χ0v) is 13.0. The Labute approximate surface area is 115 Å². The van der Waals surface area contributed by atoms with E-state index in [0.29, 0.717) is 0 Å². The molecular weight excluding hydrogens is 337 g/mol. The molecule has 0 aromatic carbocycles. The lowest BCUT2D eigenvalue weighted by molar-refractivity contribution is 0.198. The Morgan fingerprint density at radius 3 is 1.82 bits per heavy atom. The average Bonchev–Trinajstić information content (AvgIpc) is 2.14. The standard InChI is InChI=1S/C6H12Cl3O6PS/c1-3-13-16(10,14-4-2)5-15-17(11,12)6(7,8)9/h3-5H2,1-2H3. The largest absolute Gasteiger partial charge is 0.357 e. The van der Waals surface area contributed by atoms with Crippen molar-refractivity contribution in [2.24, 2.45) is 0 Å². The van der Waals surface area contributed by atoms with Crippen molar-refractivity contribution in [3.63, 3.8) is 0 Å². The monoisotopic (exact) mass is 348 g/mol. The van der Waals surface area contributed by atoms with E-state index in [4.69, 9.17) is 43.9 Å². The molecular formula is C6H12Cl3O6PS. The quantitative estimate of drug-likeness (QED) is 0.399. The number of halogens is 3. The first-order valence-corrected chi connectivity index (χ1v) is 8.69. The number of hydrogen-bond acceptors (Lipinski definition) is 6. The lowest BCUT2D eigenvalue weighted by Crippen LogP contribution is -2.23. The van der Waals surface area contributed by atoms with Crippen LogP contribution < -0.4 is 0 Å². The summed E-state index contributed by atoms with van der Waals surface area (Å²) >= 11 is 15.5. The first-order chi connectivity index (χ1) is 7.58. The lowest BCUT2D eigenvalue weighted by Gasteiger charge is -2.18. The van der Waals surface area contributed by atoms with Crippen LogP contribution in [-0.4, -0.2) is 31.1 Å². The summed E-state index contributed by atoms with van der Waals surface area (Å²) in [7, 11) is -8.17. The van der Waals surface area contributed by atoms with Crippen LogP contribution in [0.3, 0.4) is 0 Å². The minimum absolute atomic E-state index is 0.0639. The molecule has 0 amide bonds. The van der Waals surface area contributed by atoms with Crippen molar-refractivity contribution in [1.82, 2.24) is 0 Å². The van der Waals surface area contributed by atoms with Crippen LogP contribution in [0.2, 0.25) is 0 Å². The highest BCUT2D eigenvalue weighted by molar-refractivity contribution is 7.93. The van der Waals surface area contributed by atoms with Crippen molar-refractivity contribution in [2.75, 3.05) is 19.6 Å². The second-order valence-corrected chi connectivity index (χ2v) is 9.30. The lowest BCUT2D eigenvalue weighted by atomic mass is 10.9. The summed E-state index contributed by atoms with van der Waals surface area (Å²) in [4.78, 5) is 0. The van der Waals surface area contributed by atoms with Crippen LogP contribution in [0, 0.1) is 0 Å². The minimum atomic E-state index is -4.50. The molecule has 0 N–H and O–H groups in total. The van der Waals surface area contributed by atoms with Gasteiger partial charge in [-0.3, -0.25) is 8.75 Å². The molecule has 0 atom stereocenters. The first kappa shape index (κ1) is 17.9. The van der Waals surface area contributed by atoms with Crippen LogP contribution in [0.5, 0.6) is 0 Å². The van der Waals surface area contributed by atoms with Crippen LogP contribution in [0.1, 0.15) is 13.8 Å². The van der Waals surface area contributed by atoms with Gasteiger partial charge in [-0.25, -0.2) is 0 Å². The Kier molecular flexibility index (Phi) is 7.29. The van der Waals surface area contributed by atoms with Gasteiger partial charge in [0.25, 0.3) is 0 Å². The fourth-order valence-corrected chi connectivity index (χ4v) is 3.32. The van der Waals surface area contributed by atoms with Gasteiger partial charge in [-0.15, -0.1) is 0 Å². The molecule has 0 aliphatic heterocycles. The Bertz CT molecular complexity index is 368. The third kappa shape index (κ3) is 6.07. The van der Waals surface area contributed by atoms with Crippen molar-refractivity contribution < 1.29 is 26.2 Å². The van der Waals surface area contributed by atoms with Gasteiger partial charge in [0.15, 0.2) is 6.35 Å². The maximum absolute atomic E-state index is 11.8. The van der Waals surface area contributed by atoms with Gasteiger partial charge >= 0.3 is 20.8 Å². The molecule has 0 bridgehead atoms. The Balaban J connectivity index is 4.68. The van der Waals surface area contributed by atoms with Crippen molar-refractivity contribution in [3.05, 3.63) is 0 Å². The van der Waals surface area contributed by atoms with Gasteiger partial charge in [0.05, 0.1) is 13.2 Å². The molecule has 11 heteroatoms. The Morgan fingerprint density at radius 2 is 1.53 bits per heavy atom. The third-order valence-electron chi connectivity index (χ3n) is 1.30. The second kappa shape index (κ2) is 6.91. The SMILES string of the molecule is CCOP(=O)(COS(=O)(=O)C(Cl)(Cl)Cl)OCC. The van der Waals surface area contributed by atoms with E-state index in [1.807, 2.05) is 0 Å². The Hall–Kier alpha value is 0.930. The molecule has 0 saturated carbocycles. The molecule has 0 radical (unpaired) electrons. The van der Waals surface area contributed by atoms with Gasteiger partial charge in [0.1, 0.15) is 0 Å². The first-order valence-electron chi connectivity index (χ1n) is 4.42. The normalized spacial score (nSPS) is 13.9. The van der Waals surface area contributed by atoms with Gasteiger partial charge < -0.3 is 9.05 Å². The fraction of sp³-hybridized carbons (Fsp3) is 1.00. The molecule has 0 aromatic rings. The topological polar surface area (TPSA) is 78.9 Å². The van der Waals surface area contributed by atoms with Crippen LogP contribution in [0.15, 0.2) is 0 Å². The zero-order valence-electron chi connectivity index (χ0n) is 9.06. The van der Waals surface area contributed by atoms with E-state index < -0.39 is 27.2 Å². The average molecular weight is 350 g/mol. The molecule has 6 nitrogen and oxygen atoms in total. The highest BCUT2D eigenvalue weighted by Crippen LogP contribution is 2.49.